The fraction of sp³-hybridized carbons (Fsp3) is 0.158. The van der Waals surface area contributed by atoms with Crippen molar-refractivity contribution in [3.05, 3.63) is 75.4 Å². The van der Waals surface area contributed by atoms with Gasteiger partial charge in [0.15, 0.2) is 5.78 Å². The highest BCUT2D eigenvalue weighted by Gasteiger charge is 2.10. The zero-order valence-electron chi connectivity index (χ0n) is 13.3. The Morgan fingerprint density at radius 3 is 2.67 bits per heavy atom. The van der Waals surface area contributed by atoms with E-state index in [0.717, 1.165) is 17.0 Å². The molecule has 0 N–H and O–H groups in total. The summed E-state index contributed by atoms with van der Waals surface area (Å²) < 4.78 is 24.6. The molecule has 0 aliphatic rings. The van der Waals surface area contributed by atoms with E-state index in [0.29, 0.717) is 11.1 Å². The van der Waals surface area contributed by atoms with Crippen molar-refractivity contribution in [2.24, 2.45) is 0 Å². The Morgan fingerprint density at radius 1 is 1.17 bits per heavy atom. The van der Waals surface area contributed by atoms with E-state index in [1.54, 1.807) is 6.07 Å². The van der Waals surface area contributed by atoms with Crippen LogP contribution >= 0.6 is 0 Å². The van der Waals surface area contributed by atoms with Gasteiger partial charge in [0.25, 0.3) is 0 Å². The summed E-state index contributed by atoms with van der Waals surface area (Å²) in [6, 6.07) is 11.0. The number of carbonyl (C=O) groups is 1. The van der Waals surface area contributed by atoms with Gasteiger partial charge < -0.3 is 9.15 Å². The summed E-state index contributed by atoms with van der Waals surface area (Å²) in [5.74, 6) is -0.694. The largest absolute Gasteiger partial charge is 0.489 e. The maximum atomic E-state index is 13.8. The van der Waals surface area contributed by atoms with Gasteiger partial charge in [-0.1, -0.05) is 12.1 Å². The minimum atomic E-state index is -0.631. The first kappa shape index (κ1) is 15.9. The Morgan fingerprint density at radius 2 is 1.96 bits per heavy atom. The number of Topliss-reactive ketones (excluding diaryl/α,β-unsaturated/α-hetero) is 1. The normalized spacial score (nSPS) is 10.8. The minimum absolute atomic E-state index is 0.0173. The third kappa shape index (κ3) is 3.20. The van der Waals surface area contributed by atoms with E-state index in [9.17, 15) is 14.0 Å². The lowest BCUT2D eigenvalue weighted by atomic mass is 10.1. The Hall–Kier alpha value is -2.95. The highest BCUT2D eigenvalue weighted by atomic mass is 19.1. The van der Waals surface area contributed by atoms with Crippen LogP contribution in [0.5, 0.6) is 5.75 Å². The molecule has 1 aromatic heterocycles. The van der Waals surface area contributed by atoms with Crippen LogP contribution in [0.25, 0.3) is 11.0 Å². The maximum absolute atomic E-state index is 13.8. The third-order valence-electron chi connectivity index (χ3n) is 3.70. The van der Waals surface area contributed by atoms with E-state index in [1.807, 2.05) is 19.1 Å². The average molecular weight is 326 g/mol. The van der Waals surface area contributed by atoms with Gasteiger partial charge in [-0.05, 0) is 37.6 Å². The molecule has 0 saturated carbocycles. The van der Waals surface area contributed by atoms with Crippen molar-refractivity contribution in [2.45, 2.75) is 20.5 Å². The number of benzene rings is 2. The number of hydrogen-bond donors (Lipinski definition) is 0. The molecule has 0 bridgehead atoms. The number of halogens is 1. The molecule has 1 heterocycles. The van der Waals surface area contributed by atoms with Crippen LogP contribution in [0.3, 0.4) is 0 Å². The second kappa shape index (κ2) is 6.28. The van der Waals surface area contributed by atoms with Crippen LogP contribution in [0.4, 0.5) is 4.39 Å². The van der Waals surface area contributed by atoms with Crippen LogP contribution in [-0.4, -0.2) is 5.78 Å². The Balaban J connectivity index is 1.90. The van der Waals surface area contributed by atoms with Gasteiger partial charge in [0.1, 0.15) is 23.8 Å². The minimum Gasteiger partial charge on any atom is -0.489 e. The molecule has 3 aromatic rings. The van der Waals surface area contributed by atoms with E-state index in [4.69, 9.17) is 9.15 Å². The average Bonchev–Trinajstić information content (AvgIpc) is 2.51. The number of fused-ring (bicyclic) bond motifs is 1. The van der Waals surface area contributed by atoms with E-state index in [2.05, 4.69) is 0 Å². The molecule has 0 fully saturated rings. The van der Waals surface area contributed by atoms with Crippen LogP contribution < -0.4 is 10.4 Å². The lowest BCUT2D eigenvalue weighted by molar-refractivity contribution is 0.101. The van der Waals surface area contributed by atoms with Gasteiger partial charge in [-0.2, -0.15) is 0 Å². The van der Waals surface area contributed by atoms with Crippen molar-refractivity contribution in [2.75, 3.05) is 0 Å². The predicted molar refractivity (Wildman–Crippen MR) is 88.0 cm³/mol. The van der Waals surface area contributed by atoms with Crippen LogP contribution in [-0.2, 0) is 6.61 Å². The number of hydrogen-bond acceptors (Lipinski definition) is 4. The van der Waals surface area contributed by atoms with E-state index >= 15 is 0 Å². The molecule has 0 aliphatic heterocycles. The number of aryl methyl sites for hydroxylation is 1. The van der Waals surface area contributed by atoms with Gasteiger partial charge >= 0.3 is 5.63 Å². The summed E-state index contributed by atoms with van der Waals surface area (Å²) in [5.41, 5.74) is 1.66. The zero-order chi connectivity index (χ0) is 17.3. The zero-order valence-corrected chi connectivity index (χ0v) is 13.3. The molecule has 0 aliphatic carbocycles. The van der Waals surface area contributed by atoms with Crippen molar-refractivity contribution < 1.29 is 18.3 Å². The smallest absolute Gasteiger partial charge is 0.336 e. The monoisotopic (exact) mass is 326 g/mol. The topological polar surface area (TPSA) is 56.5 Å². The van der Waals surface area contributed by atoms with Crippen molar-refractivity contribution >= 4 is 16.8 Å². The quantitative estimate of drug-likeness (QED) is 0.537. The molecule has 5 heteroatoms. The van der Waals surface area contributed by atoms with Crippen molar-refractivity contribution in [1.29, 1.82) is 0 Å². The molecule has 0 saturated heterocycles. The first-order valence-corrected chi connectivity index (χ1v) is 7.41. The number of rotatable bonds is 4. The summed E-state index contributed by atoms with van der Waals surface area (Å²) in [6.07, 6.45) is 0. The van der Waals surface area contributed by atoms with Gasteiger partial charge in [0.2, 0.25) is 0 Å². The molecule has 0 atom stereocenters. The lowest BCUT2D eigenvalue weighted by Gasteiger charge is -2.09. The fourth-order valence-electron chi connectivity index (χ4n) is 2.49. The van der Waals surface area contributed by atoms with Crippen LogP contribution in [0.1, 0.15) is 28.4 Å². The summed E-state index contributed by atoms with van der Waals surface area (Å²) in [7, 11) is 0. The van der Waals surface area contributed by atoms with Gasteiger partial charge in [-0.15, -0.1) is 0 Å². The molecule has 122 valence electrons. The molecule has 4 nitrogen and oxygen atoms in total. The molecular weight excluding hydrogens is 311 g/mol. The van der Waals surface area contributed by atoms with Crippen LogP contribution in [0.15, 0.2) is 51.7 Å². The molecule has 2 aromatic carbocycles. The first-order chi connectivity index (χ1) is 11.4. The molecular formula is C19H15FO4. The predicted octanol–water partition coefficient (Wildman–Crippen LogP) is 4.02. The molecule has 0 unspecified atom stereocenters. The van der Waals surface area contributed by atoms with Gasteiger partial charge in [-0.25, -0.2) is 9.18 Å². The lowest BCUT2D eigenvalue weighted by Crippen LogP contribution is -2.05. The highest BCUT2D eigenvalue weighted by Crippen LogP contribution is 2.22. The summed E-state index contributed by atoms with van der Waals surface area (Å²) in [4.78, 5) is 22.9. The van der Waals surface area contributed by atoms with Crippen LogP contribution in [0, 0.1) is 12.7 Å². The number of ether oxygens (including phenoxy) is 1. The summed E-state index contributed by atoms with van der Waals surface area (Å²) in [5, 5.41) is 0.765. The first-order valence-electron chi connectivity index (χ1n) is 7.41. The SMILES string of the molecule is CC(=O)c1ccc(OCc2cc(=O)oc3cc(C)ccc23)cc1F. The Labute approximate surface area is 137 Å². The summed E-state index contributed by atoms with van der Waals surface area (Å²) in [6.45, 7) is 3.29. The second-order valence-electron chi connectivity index (χ2n) is 5.58. The van der Waals surface area contributed by atoms with E-state index in [-0.39, 0.29) is 23.7 Å². The standard InChI is InChI=1S/C19H15FO4/c1-11-3-5-16-13(8-19(22)24-18(16)7-11)10-23-14-4-6-15(12(2)21)17(20)9-14/h3-9H,10H2,1-2H3. The highest BCUT2D eigenvalue weighted by molar-refractivity contribution is 5.94. The third-order valence-corrected chi connectivity index (χ3v) is 3.70. The van der Waals surface area contributed by atoms with E-state index < -0.39 is 11.4 Å². The Bertz CT molecular complexity index is 988. The molecule has 0 amide bonds. The van der Waals surface area contributed by atoms with E-state index in [1.165, 1.54) is 25.1 Å². The van der Waals surface area contributed by atoms with Gasteiger partial charge in [0.05, 0.1) is 5.56 Å². The second-order valence-corrected chi connectivity index (χ2v) is 5.58. The van der Waals surface area contributed by atoms with Gasteiger partial charge in [-0.3, -0.25) is 4.79 Å². The Kier molecular flexibility index (Phi) is 4.16. The molecule has 0 spiro atoms. The van der Waals surface area contributed by atoms with Crippen molar-refractivity contribution in [1.82, 2.24) is 0 Å². The summed E-state index contributed by atoms with van der Waals surface area (Å²) >= 11 is 0. The fourth-order valence-corrected chi connectivity index (χ4v) is 2.49. The van der Waals surface area contributed by atoms with Crippen molar-refractivity contribution in [3.8, 4) is 5.75 Å². The van der Waals surface area contributed by atoms with Crippen LogP contribution in [0.2, 0.25) is 0 Å². The number of carbonyl (C=O) groups excluding carboxylic acids is 1. The molecule has 0 radical (unpaired) electrons. The molecule has 3 rings (SSSR count). The number of ketones is 1. The van der Waals surface area contributed by atoms with Gasteiger partial charge in [0, 0.05) is 23.1 Å². The van der Waals surface area contributed by atoms with Crippen molar-refractivity contribution in [3.63, 3.8) is 0 Å². The molecule has 24 heavy (non-hydrogen) atoms. The maximum Gasteiger partial charge on any atom is 0.336 e.